The second kappa shape index (κ2) is 2.42. The smallest absolute Gasteiger partial charge is 0.274 e. The van der Waals surface area contributed by atoms with Gasteiger partial charge in [0.2, 0.25) is 5.91 Å². The maximum absolute atomic E-state index is 11.8. The van der Waals surface area contributed by atoms with Crippen molar-refractivity contribution >= 4 is 16.2 Å². The highest BCUT2D eigenvalue weighted by Crippen LogP contribution is 2.22. The van der Waals surface area contributed by atoms with E-state index in [9.17, 15) is 17.6 Å². The number of carbonyl (C=O) groups excluding carboxylic acids is 1. The van der Waals surface area contributed by atoms with Crippen LogP contribution >= 0.6 is 0 Å². The summed E-state index contributed by atoms with van der Waals surface area (Å²) in [5.74, 6) is -0.768. The molecule has 7 heteroatoms. The molecular formula is C4H6FNO4S. The van der Waals surface area contributed by atoms with Gasteiger partial charge < -0.3 is 0 Å². The molecule has 1 aliphatic rings. The van der Waals surface area contributed by atoms with Crippen LogP contribution in [0.15, 0.2) is 0 Å². The van der Waals surface area contributed by atoms with Crippen molar-refractivity contribution in [1.82, 2.24) is 4.31 Å². The standard InChI is InChI=1S/C4H6FNO4S/c5-2-3-1-4(7)6(3)11(8,9)10/h3H,1-2H2,(H,8,9,10). The summed E-state index contributed by atoms with van der Waals surface area (Å²) < 4.78 is 40.9. The number of hydrogen-bond donors (Lipinski definition) is 1. The summed E-state index contributed by atoms with van der Waals surface area (Å²) in [5.41, 5.74) is 0. The third kappa shape index (κ3) is 1.33. The Kier molecular flexibility index (Phi) is 1.85. The number of hydrogen-bond acceptors (Lipinski definition) is 3. The first-order valence-corrected chi connectivity index (χ1v) is 4.22. The Balaban J connectivity index is 2.79. The zero-order chi connectivity index (χ0) is 8.65. The van der Waals surface area contributed by atoms with Gasteiger partial charge in [-0.15, -0.1) is 0 Å². The van der Waals surface area contributed by atoms with E-state index in [1.54, 1.807) is 0 Å². The first kappa shape index (κ1) is 8.41. The molecule has 0 bridgehead atoms. The van der Waals surface area contributed by atoms with Crippen LogP contribution in [-0.4, -0.2) is 35.9 Å². The van der Waals surface area contributed by atoms with Crippen molar-refractivity contribution in [3.8, 4) is 0 Å². The lowest BCUT2D eigenvalue weighted by Gasteiger charge is -2.34. The lowest BCUT2D eigenvalue weighted by molar-refractivity contribution is -0.138. The Hall–Kier alpha value is -0.690. The Bertz CT molecular complexity index is 274. The minimum absolute atomic E-state index is 0.146. The molecule has 1 saturated heterocycles. The summed E-state index contributed by atoms with van der Waals surface area (Å²) in [6.45, 7) is -0.953. The molecule has 1 rings (SSSR count). The summed E-state index contributed by atoms with van der Waals surface area (Å²) >= 11 is 0. The molecule has 1 unspecified atom stereocenters. The van der Waals surface area contributed by atoms with E-state index in [1.165, 1.54) is 0 Å². The van der Waals surface area contributed by atoms with Gasteiger partial charge in [0.25, 0.3) is 0 Å². The molecule has 11 heavy (non-hydrogen) atoms. The van der Waals surface area contributed by atoms with E-state index in [0.717, 1.165) is 0 Å². The number of carbonyl (C=O) groups is 1. The van der Waals surface area contributed by atoms with Crippen molar-refractivity contribution in [2.45, 2.75) is 12.5 Å². The Labute approximate surface area is 62.7 Å². The molecule has 5 nitrogen and oxygen atoms in total. The molecule has 0 saturated carbocycles. The fourth-order valence-corrected chi connectivity index (χ4v) is 1.74. The molecule has 1 N–H and O–H groups in total. The van der Waals surface area contributed by atoms with Gasteiger partial charge in [0.05, 0.1) is 12.5 Å². The molecule has 0 spiro atoms. The quantitative estimate of drug-likeness (QED) is 0.456. The summed E-state index contributed by atoms with van der Waals surface area (Å²) in [4.78, 5) is 10.5. The predicted molar refractivity (Wildman–Crippen MR) is 32.8 cm³/mol. The Morgan fingerprint density at radius 2 is 2.27 bits per heavy atom. The fourth-order valence-electron chi connectivity index (χ4n) is 0.900. The minimum Gasteiger partial charge on any atom is -0.274 e. The molecule has 0 aromatic carbocycles. The molecule has 0 aromatic heterocycles. The van der Waals surface area contributed by atoms with Crippen molar-refractivity contribution in [3.63, 3.8) is 0 Å². The van der Waals surface area contributed by atoms with Gasteiger partial charge in [-0.3, -0.25) is 9.35 Å². The van der Waals surface area contributed by atoms with Gasteiger partial charge in [-0.25, -0.2) is 8.70 Å². The van der Waals surface area contributed by atoms with E-state index in [1.807, 2.05) is 0 Å². The van der Waals surface area contributed by atoms with Gasteiger partial charge >= 0.3 is 10.3 Å². The van der Waals surface area contributed by atoms with Crippen LogP contribution in [-0.2, 0) is 15.1 Å². The number of rotatable bonds is 2. The van der Waals surface area contributed by atoms with Gasteiger partial charge in [0.15, 0.2) is 0 Å². The van der Waals surface area contributed by atoms with Crippen molar-refractivity contribution in [1.29, 1.82) is 0 Å². The van der Waals surface area contributed by atoms with E-state index in [4.69, 9.17) is 4.55 Å². The second-order valence-electron chi connectivity index (χ2n) is 2.18. The first-order chi connectivity index (χ1) is 4.96. The highest BCUT2D eigenvalue weighted by molar-refractivity contribution is 7.84. The predicted octanol–water partition coefficient (Wildman–Crippen LogP) is -0.640. The fraction of sp³-hybridized carbons (Fsp3) is 0.750. The summed E-state index contributed by atoms with van der Waals surface area (Å²) in [7, 11) is -4.53. The molecule has 1 amide bonds. The van der Waals surface area contributed by atoms with E-state index < -0.39 is 28.9 Å². The molecule has 1 aliphatic heterocycles. The van der Waals surface area contributed by atoms with Gasteiger partial charge in [0.1, 0.15) is 6.67 Å². The lowest BCUT2D eigenvalue weighted by atomic mass is 10.1. The zero-order valence-corrected chi connectivity index (χ0v) is 6.21. The molecule has 0 aliphatic carbocycles. The largest absolute Gasteiger partial charge is 0.362 e. The zero-order valence-electron chi connectivity index (χ0n) is 5.40. The van der Waals surface area contributed by atoms with Crippen LogP contribution in [0.5, 0.6) is 0 Å². The third-order valence-electron chi connectivity index (χ3n) is 1.41. The average molecular weight is 183 g/mol. The van der Waals surface area contributed by atoms with Crippen LogP contribution in [0.1, 0.15) is 6.42 Å². The number of β-lactam (4-membered cyclic amide) rings is 1. The van der Waals surface area contributed by atoms with Crippen LogP contribution in [0.25, 0.3) is 0 Å². The molecular weight excluding hydrogens is 177 g/mol. The van der Waals surface area contributed by atoms with E-state index >= 15 is 0 Å². The maximum atomic E-state index is 11.8. The highest BCUT2D eigenvalue weighted by atomic mass is 32.2. The van der Waals surface area contributed by atoms with Crippen LogP contribution in [0.2, 0.25) is 0 Å². The third-order valence-corrected chi connectivity index (χ3v) is 2.41. The molecule has 0 aromatic rings. The summed E-state index contributed by atoms with van der Waals surface area (Å²) in [6.07, 6.45) is -0.156. The first-order valence-electron chi connectivity index (χ1n) is 2.82. The summed E-state index contributed by atoms with van der Waals surface area (Å²) in [6, 6.07) is -1.00. The molecule has 1 atom stereocenters. The number of nitrogens with zero attached hydrogens (tertiary/aromatic N) is 1. The second-order valence-corrected chi connectivity index (χ2v) is 3.47. The number of alkyl halides is 1. The van der Waals surface area contributed by atoms with E-state index in [-0.39, 0.29) is 10.7 Å². The minimum atomic E-state index is -4.53. The molecule has 1 heterocycles. The van der Waals surface area contributed by atoms with Crippen molar-refractivity contribution in [3.05, 3.63) is 0 Å². The number of halogens is 1. The molecule has 64 valence electrons. The van der Waals surface area contributed by atoms with Gasteiger partial charge in [-0.1, -0.05) is 0 Å². The van der Waals surface area contributed by atoms with Crippen LogP contribution < -0.4 is 0 Å². The van der Waals surface area contributed by atoms with E-state index in [2.05, 4.69) is 0 Å². The Morgan fingerprint density at radius 3 is 2.45 bits per heavy atom. The normalized spacial score (nSPS) is 25.1. The van der Waals surface area contributed by atoms with Gasteiger partial charge in [-0.2, -0.15) is 8.42 Å². The van der Waals surface area contributed by atoms with Crippen molar-refractivity contribution in [2.75, 3.05) is 6.67 Å². The molecule has 1 fully saturated rings. The molecule has 0 radical (unpaired) electrons. The Morgan fingerprint density at radius 1 is 1.73 bits per heavy atom. The van der Waals surface area contributed by atoms with Crippen LogP contribution in [0.3, 0.4) is 0 Å². The van der Waals surface area contributed by atoms with Crippen molar-refractivity contribution in [2.24, 2.45) is 0 Å². The maximum Gasteiger partial charge on any atom is 0.362 e. The monoisotopic (exact) mass is 183 g/mol. The lowest BCUT2D eigenvalue weighted by Crippen LogP contribution is -2.56. The van der Waals surface area contributed by atoms with Crippen molar-refractivity contribution < 1.29 is 22.2 Å². The van der Waals surface area contributed by atoms with Gasteiger partial charge in [0, 0.05) is 0 Å². The van der Waals surface area contributed by atoms with E-state index in [0.29, 0.717) is 0 Å². The SMILES string of the molecule is O=C1CC(CF)N1S(=O)(=O)O. The van der Waals surface area contributed by atoms with Crippen LogP contribution in [0, 0.1) is 0 Å². The topological polar surface area (TPSA) is 74.7 Å². The van der Waals surface area contributed by atoms with Gasteiger partial charge in [-0.05, 0) is 0 Å². The highest BCUT2D eigenvalue weighted by Gasteiger charge is 2.43. The van der Waals surface area contributed by atoms with Crippen LogP contribution in [0.4, 0.5) is 4.39 Å². The summed E-state index contributed by atoms with van der Waals surface area (Å²) in [5, 5.41) is 0. The number of amides is 1. The average Bonchev–Trinajstić information content (AvgIpc) is 1.77.